The molecule has 0 saturated heterocycles. The molecule has 18 heavy (non-hydrogen) atoms. The van der Waals surface area contributed by atoms with Crippen molar-refractivity contribution in [1.29, 1.82) is 0 Å². The molecular weight excluding hydrogens is 220 g/mol. The monoisotopic (exact) mass is 242 g/mol. The Labute approximate surface area is 110 Å². The van der Waals surface area contributed by atoms with Gasteiger partial charge in [-0.25, -0.2) is 0 Å². The molecule has 0 unspecified atom stereocenters. The average Bonchev–Trinajstić information content (AvgIpc) is 2.39. The number of allylic oxidation sites excluding steroid dienone is 3. The smallest absolute Gasteiger partial charge is 0.118 e. The quantitative estimate of drug-likeness (QED) is 0.602. The van der Waals surface area contributed by atoms with E-state index < -0.39 is 0 Å². The molecule has 0 aliphatic heterocycles. The van der Waals surface area contributed by atoms with Crippen molar-refractivity contribution in [1.82, 2.24) is 0 Å². The molecule has 0 saturated carbocycles. The second-order valence-corrected chi connectivity index (χ2v) is 4.49. The second kappa shape index (κ2) is 6.85. The lowest BCUT2D eigenvalue weighted by atomic mass is 9.72. The molecule has 0 bridgehead atoms. The molecule has 0 N–H and O–H groups in total. The van der Waals surface area contributed by atoms with Crippen LogP contribution in [0.5, 0.6) is 5.75 Å². The van der Waals surface area contributed by atoms with Crippen LogP contribution in [0.3, 0.4) is 0 Å². The van der Waals surface area contributed by atoms with Crippen molar-refractivity contribution in [2.24, 2.45) is 0 Å². The van der Waals surface area contributed by atoms with Crippen LogP contribution < -0.4 is 4.74 Å². The van der Waals surface area contributed by atoms with Gasteiger partial charge in [-0.2, -0.15) is 0 Å². The molecule has 1 aromatic rings. The first kappa shape index (κ1) is 14.3. The number of hydrogen-bond donors (Lipinski definition) is 0. The van der Waals surface area contributed by atoms with Crippen LogP contribution in [0.2, 0.25) is 0 Å². The average molecular weight is 242 g/mol. The molecule has 1 nitrogen and oxygen atoms in total. The normalized spacial score (nSPS) is 10.7. The molecule has 1 rings (SSSR count). The Morgan fingerprint density at radius 2 is 1.39 bits per heavy atom. The zero-order valence-electron chi connectivity index (χ0n) is 11.2. The topological polar surface area (TPSA) is 9.23 Å². The molecule has 0 atom stereocenters. The molecule has 0 aliphatic rings. The Morgan fingerprint density at radius 3 is 1.72 bits per heavy atom. The van der Waals surface area contributed by atoms with Crippen molar-refractivity contribution >= 4 is 0 Å². The maximum Gasteiger partial charge on any atom is 0.118 e. The van der Waals surface area contributed by atoms with E-state index >= 15 is 0 Å². The lowest BCUT2D eigenvalue weighted by Crippen LogP contribution is -2.24. The molecule has 1 heteroatoms. The first-order valence-corrected chi connectivity index (χ1v) is 6.19. The van der Waals surface area contributed by atoms with Gasteiger partial charge in [0.05, 0.1) is 7.11 Å². The summed E-state index contributed by atoms with van der Waals surface area (Å²) in [5, 5.41) is 0. The summed E-state index contributed by atoms with van der Waals surface area (Å²) in [6.45, 7) is 11.6. The molecule has 0 spiro atoms. The molecule has 0 radical (unpaired) electrons. The highest BCUT2D eigenvalue weighted by molar-refractivity contribution is 5.34. The van der Waals surface area contributed by atoms with Crippen molar-refractivity contribution < 1.29 is 4.74 Å². The minimum Gasteiger partial charge on any atom is -0.497 e. The first-order valence-electron chi connectivity index (χ1n) is 6.19. The highest BCUT2D eigenvalue weighted by Gasteiger charge is 2.28. The van der Waals surface area contributed by atoms with Crippen LogP contribution >= 0.6 is 0 Å². The SMILES string of the molecule is C=CCC(CC=C)(CC=C)c1ccc(OC)cc1. The van der Waals surface area contributed by atoms with E-state index in [0.717, 1.165) is 25.0 Å². The highest BCUT2D eigenvalue weighted by Crippen LogP contribution is 2.37. The maximum atomic E-state index is 5.20. The maximum absolute atomic E-state index is 5.20. The number of methoxy groups -OCH3 is 1. The number of benzene rings is 1. The fourth-order valence-corrected chi connectivity index (χ4v) is 2.38. The van der Waals surface area contributed by atoms with E-state index in [1.807, 2.05) is 30.4 Å². The van der Waals surface area contributed by atoms with Crippen molar-refractivity contribution in [3.63, 3.8) is 0 Å². The molecule has 0 aliphatic carbocycles. The van der Waals surface area contributed by atoms with E-state index in [2.05, 4.69) is 31.9 Å². The number of rotatable bonds is 8. The minimum atomic E-state index is 0.0253. The third-order valence-corrected chi connectivity index (χ3v) is 3.31. The van der Waals surface area contributed by atoms with Crippen LogP contribution in [0.25, 0.3) is 0 Å². The highest BCUT2D eigenvalue weighted by atomic mass is 16.5. The van der Waals surface area contributed by atoms with Gasteiger partial charge in [0, 0.05) is 5.41 Å². The molecule has 1 aromatic carbocycles. The second-order valence-electron chi connectivity index (χ2n) is 4.49. The van der Waals surface area contributed by atoms with Gasteiger partial charge in [-0.3, -0.25) is 0 Å². The van der Waals surface area contributed by atoms with Gasteiger partial charge >= 0.3 is 0 Å². The van der Waals surface area contributed by atoms with Gasteiger partial charge in [-0.15, -0.1) is 19.7 Å². The van der Waals surface area contributed by atoms with Gasteiger partial charge < -0.3 is 4.74 Å². The van der Waals surface area contributed by atoms with Gasteiger partial charge in [-0.05, 0) is 37.0 Å². The fourth-order valence-electron chi connectivity index (χ4n) is 2.38. The summed E-state index contributed by atoms with van der Waals surface area (Å²) in [5.41, 5.74) is 1.31. The Morgan fingerprint density at radius 1 is 0.944 bits per heavy atom. The Balaban J connectivity index is 3.15. The lowest BCUT2D eigenvalue weighted by molar-refractivity contribution is 0.411. The summed E-state index contributed by atoms with van der Waals surface area (Å²) >= 11 is 0. The van der Waals surface area contributed by atoms with Gasteiger partial charge in [0.1, 0.15) is 5.75 Å². The molecule has 0 fully saturated rings. The molecule has 96 valence electrons. The summed E-state index contributed by atoms with van der Waals surface area (Å²) in [6.07, 6.45) is 8.65. The predicted octanol–water partition coefficient (Wildman–Crippen LogP) is 4.66. The Kier molecular flexibility index (Phi) is 5.44. The number of ether oxygens (including phenoxy) is 1. The summed E-state index contributed by atoms with van der Waals surface area (Å²) in [4.78, 5) is 0. The van der Waals surface area contributed by atoms with E-state index in [4.69, 9.17) is 4.74 Å². The van der Waals surface area contributed by atoms with Crippen LogP contribution in [0, 0.1) is 0 Å². The van der Waals surface area contributed by atoms with Gasteiger partial charge in [0.2, 0.25) is 0 Å². The zero-order valence-corrected chi connectivity index (χ0v) is 11.2. The largest absolute Gasteiger partial charge is 0.497 e. The summed E-state index contributed by atoms with van der Waals surface area (Å²) < 4.78 is 5.20. The molecular formula is C17H22O. The minimum absolute atomic E-state index is 0.0253. The van der Waals surface area contributed by atoms with Crippen LogP contribution in [0.4, 0.5) is 0 Å². The van der Waals surface area contributed by atoms with Crippen LogP contribution in [-0.4, -0.2) is 7.11 Å². The molecule has 0 amide bonds. The first-order chi connectivity index (χ1) is 8.72. The van der Waals surface area contributed by atoms with Gasteiger partial charge in [-0.1, -0.05) is 30.4 Å². The predicted molar refractivity (Wildman–Crippen MR) is 79.1 cm³/mol. The van der Waals surface area contributed by atoms with Crippen LogP contribution in [0.1, 0.15) is 24.8 Å². The third kappa shape index (κ3) is 3.13. The van der Waals surface area contributed by atoms with E-state index in [-0.39, 0.29) is 5.41 Å². The van der Waals surface area contributed by atoms with Crippen molar-refractivity contribution in [3.05, 3.63) is 67.8 Å². The van der Waals surface area contributed by atoms with E-state index in [1.54, 1.807) is 7.11 Å². The van der Waals surface area contributed by atoms with E-state index in [0.29, 0.717) is 0 Å². The Bertz CT molecular complexity index is 374. The summed E-state index contributed by atoms with van der Waals surface area (Å²) in [5.74, 6) is 0.878. The van der Waals surface area contributed by atoms with Crippen LogP contribution in [-0.2, 0) is 5.41 Å². The fraction of sp³-hybridized carbons (Fsp3) is 0.294. The lowest BCUT2D eigenvalue weighted by Gasteiger charge is -2.32. The Hall–Kier alpha value is -1.76. The van der Waals surface area contributed by atoms with Gasteiger partial charge in [0.25, 0.3) is 0 Å². The third-order valence-electron chi connectivity index (χ3n) is 3.31. The van der Waals surface area contributed by atoms with Crippen LogP contribution in [0.15, 0.2) is 62.2 Å². The van der Waals surface area contributed by atoms with E-state index in [9.17, 15) is 0 Å². The standard InChI is InChI=1S/C17H22O/c1-5-12-17(13-6-2,14-7-3)15-8-10-16(18-4)11-9-15/h5-11H,1-3,12-14H2,4H3. The zero-order chi connectivity index (χ0) is 13.4. The summed E-state index contributed by atoms with van der Waals surface area (Å²) in [6, 6.07) is 8.24. The molecule has 0 heterocycles. The van der Waals surface area contributed by atoms with Crippen molar-refractivity contribution in [2.75, 3.05) is 7.11 Å². The van der Waals surface area contributed by atoms with Crippen molar-refractivity contribution in [2.45, 2.75) is 24.7 Å². The number of hydrogen-bond acceptors (Lipinski definition) is 1. The molecule has 0 aromatic heterocycles. The summed E-state index contributed by atoms with van der Waals surface area (Å²) in [7, 11) is 1.68. The van der Waals surface area contributed by atoms with E-state index in [1.165, 1.54) is 5.56 Å². The van der Waals surface area contributed by atoms with Gasteiger partial charge in [0.15, 0.2) is 0 Å². The van der Waals surface area contributed by atoms with Crippen molar-refractivity contribution in [3.8, 4) is 5.75 Å².